The van der Waals surface area contributed by atoms with Crippen LogP contribution in [0.2, 0.25) is 0 Å². The first-order chi connectivity index (χ1) is 6.70. The monoisotopic (exact) mass is 200 g/mol. The van der Waals surface area contributed by atoms with E-state index >= 15 is 0 Å². The summed E-state index contributed by atoms with van der Waals surface area (Å²) in [4.78, 5) is 2.57. The maximum atomic E-state index is 5.97. The molecule has 0 aromatic heterocycles. The average molecular weight is 200 g/mol. The molecule has 1 atom stereocenters. The van der Waals surface area contributed by atoms with Gasteiger partial charge in [-0.25, -0.2) is 0 Å². The van der Waals surface area contributed by atoms with Gasteiger partial charge in [-0.15, -0.1) is 0 Å². The van der Waals surface area contributed by atoms with Gasteiger partial charge in [0.05, 0.1) is 0 Å². The number of nitrogens with two attached hydrogens (primary N) is 1. The van der Waals surface area contributed by atoms with Crippen molar-refractivity contribution < 1.29 is 0 Å². The third-order valence-electron chi connectivity index (χ3n) is 3.30. The van der Waals surface area contributed by atoms with E-state index in [0.717, 1.165) is 13.1 Å². The Balaban J connectivity index is 4.54. The van der Waals surface area contributed by atoms with Crippen molar-refractivity contribution in [3.63, 3.8) is 0 Å². The molecule has 0 bridgehead atoms. The van der Waals surface area contributed by atoms with E-state index in [4.69, 9.17) is 5.73 Å². The van der Waals surface area contributed by atoms with E-state index in [1.165, 1.54) is 32.2 Å². The molecule has 0 heterocycles. The third kappa shape index (κ3) is 3.25. The van der Waals surface area contributed by atoms with Crippen molar-refractivity contribution >= 4 is 0 Å². The second kappa shape index (κ2) is 7.24. The van der Waals surface area contributed by atoms with Gasteiger partial charge in [0.25, 0.3) is 0 Å². The number of hydrogen-bond acceptors (Lipinski definition) is 2. The smallest absolute Gasteiger partial charge is 0.0328 e. The zero-order valence-corrected chi connectivity index (χ0v) is 10.5. The molecule has 2 nitrogen and oxygen atoms in total. The fourth-order valence-electron chi connectivity index (χ4n) is 2.40. The summed E-state index contributed by atoms with van der Waals surface area (Å²) < 4.78 is 0. The second-order valence-electron chi connectivity index (χ2n) is 4.11. The average Bonchev–Trinajstić information content (AvgIpc) is 2.23. The van der Waals surface area contributed by atoms with Gasteiger partial charge < -0.3 is 5.73 Å². The Labute approximate surface area is 89.9 Å². The lowest BCUT2D eigenvalue weighted by atomic mass is 9.88. The fraction of sp³-hybridized carbons (Fsp3) is 1.00. The topological polar surface area (TPSA) is 29.3 Å². The van der Waals surface area contributed by atoms with E-state index in [0.29, 0.717) is 0 Å². The Bertz CT molecular complexity index is 130. The maximum absolute atomic E-state index is 5.97. The minimum atomic E-state index is 0.263. The zero-order valence-electron chi connectivity index (χ0n) is 10.5. The molecule has 1 unspecified atom stereocenters. The summed E-state index contributed by atoms with van der Waals surface area (Å²) in [5.41, 5.74) is 6.23. The summed E-state index contributed by atoms with van der Waals surface area (Å²) in [7, 11) is 0. The molecule has 2 heteroatoms. The molecule has 86 valence electrons. The van der Waals surface area contributed by atoms with Crippen molar-refractivity contribution in [2.45, 2.75) is 58.9 Å². The highest BCUT2D eigenvalue weighted by molar-refractivity contribution is 4.89. The van der Waals surface area contributed by atoms with E-state index in [9.17, 15) is 0 Å². The number of likely N-dealkylation sites (N-methyl/N-ethyl adjacent to an activating group) is 1. The quantitative estimate of drug-likeness (QED) is 0.652. The maximum Gasteiger partial charge on any atom is 0.0328 e. The van der Waals surface area contributed by atoms with Crippen molar-refractivity contribution in [2.24, 2.45) is 5.73 Å². The van der Waals surface area contributed by atoms with Crippen LogP contribution in [0, 0.1) is 0 Å². The molecule has 0 fully saturated rings. The molecule has 0 radical (unpaired) electrons. The molecular formula is C12H28N2. The van der Waals surface area contributed by atoms with Gasteiger partial charge >= 0.3 is 0 Å². The summed E-state index contributed by atoms with van der Waals surface area (Å²) in [6.07, 6.45) is 4.85. The first-order valence-electron chi connectivity index (χ1n) is 6.15. The van der Waals surface area contributed by atoms with Crippen LogP contribution in [-0.2, 0) is 0 Å². The van der Waals surface area contributed by atoms with E-state index < -0.39 is 0 Å². The Morgan fingerprint density at radius 3 is 2.00 bits per heavy atom. The Morgan fingerprint density at radius 1 is 1.07 bits per heavy atom. The van der Waals surface area contributed by atoms with Gasteiger partial charge in [-0.05, 0) is 32.4 Å². The molecule has 0 aliphatic heterocycles. The molecule has 2 N–H and O–H groups in total. The van der Waals surface area contributed by atoms with Gasteiger partial charge in [-0.1, -0.05) is 34.1 Å². The van der Waals surface area contributed by atoms with E-state index in [-0.39, 0.29) is 5.54 Å². The second-order valence-corrected chi connectivity index (χ2v) is 4.11. The van der Waals surface area contributed by atoms with Crippen LogP contribution >= 0.6 is 0 Å². The van der Waals surface area contributed by atoms with Crippen molar-refractivity contribution in [3.05, 3.63) is 0 Å². The predicted molar refractivity (Wildman–Crippen MR) is 64.5 cm³/mol. The van der Waals surface area contributed by atoms with E-state index in [1.54, 1.807) is 0 Å². The van der Waals surface area contributed by atoms with Gasteiger partial charge in [0, 0.05) is 12.1 Å². The molecule has 0 aromatic rings. The van der Waals surface area contributed by atoms with Crippen LogP contribution in [0.25, 0.3) is 0 Å². The molecule has 0 saturated heterocycles. The molecule has 14 heavy (non-hydrogen) atoms. The van der Waals surface area contributed by atoms with Gasteiger partial charge in [0.1, 0.15) is 0 Å². The first-order valence-corrected chi connectivity index (χ1v) is 6.15. The summed E-state index contributed by atoms with van der Waals surface area (Å²) in [6.45, 7) is 12.1. The summed E-state index contributed by atoms with van der Waals surface area (Å²) in [6, 6.07) is 0. The van der Waals surface area contributed by atoms with Gasteiger partial charge in [0.2, 0.25) is 0 Å². The van der Waals surface area contributed by atoms with Crippen molar-refractivity contribution in [1.82, 2.24) is 4.90 Å². The van der Waals surface area contributed by atoms with E-state index in [2.05, 4.69) is 32.6 Å². The van der Waals surface area contributed by atoms with E-state index in [1.807, 2.05) is 0 Å². The van der Waals surface area contributed by atoms with Crippen LogP contribution in [-0.4, -0.2) is 30.1 Å². The lowest BCUT2D eigenvalue weighted by Crippen LogP contribution is -2.53. The normalized spacial score (nSPS) is 15.9. The van der Waals surface area contributed by atoms with Gasteiger partial charge in [-0.2, -0.15) is 0 Å². The fourth-order valence-corrected chi connectivity index (χ4v) is 2.40. The van der Waals surface area contributed by atoms with Crippen LogP contribution in [0.5, 0.6) is 0 Å². The number of nitrogens with zero attached hydrogens (tertiary/aromatic N) is 1. The minimum absolute atomic E-state index is 0.263. The predicted octanol–water partition coefficient (Wildman–Crippen LogP) is 2.63. The van der Waals surface area contributed by atoms with Gasteiger partial charge in [-0.3, -0.25) is 4.90 Å². The lowest BCUT2D eigenvalue weighted by molar-refractivity contribution is 0.0853. The lowest BCUT2D eigenvalue weighted by Gasteiger charge is -2.42. The highest BCUT2D eigenvalue weighted by Crippen LogP contribution is 2.24. The first kappa shape index (κ1) is 13.9. The number of hydrogen-bond donors (Lipinski definition) is 1. The van der Waals surface area contributed by atoms with Crippen molar-refractivity contribution in [2.75, 3.05) is 19.6 Å². The van der Waals surface area contributed by atoms with Crippen molar-refractivity contribution in [3.8, 4) is 0 Å². The molecule has 0 amide bonds. The standard InChI is InChI=1S/C12H28N2/c1-5-9-12(7-3,11-13)14(8-4)10-6-2/h5-11,13H2,1-4H3. The van der Waals surface area contributed by atoms with Gasteiger partial charge in [0.15, 0.2) is 0 Å². The largest absolute Gasteiger partial charge is 0.329 e. The zero-order chi connectivity index (χ0) is 11.0. The number of rotatable bonds is 8. The van der Waals surface area contributed by atoms with Crippen LogP contribution in [0.1, 0.15) is 53.4 Å². The summed E-state index contributed by atoms with van der Waals surface area (Å²) in [5.74, 6) is 0. The molecule has 0 aromatic carbocycles. The minimum Gasteiger partial charge on any atom is -0.329 e. The van der Waals surface area contributed by atoms with Crippen LogP contribution < -0.4 is 5.73 Å². The van der Waals surface area contributed by atoms with Crippen molar-refractivity contribution in [1.29, 1.82) is 0 Å². The summed E-state index contributed by atoms with van der Waals surface area (Å²) >= 11 is 0. The third-order valence-corrected chi connectivity index (χ3v) is 3.30. The highest BCUT2D eigenvalue weighted by Gasteiger charge is 2.30. The van der Waals surface area contributed by atoms with Crippen LogP contribution in [0.15, 0.2) is 0 Å². The molecule has 0 saturated carbocycles. The molecule has 0 aliphatic carbocycles. The SMILES string of the molecule is CCCN(CC)C(CC)(CN)CCC. The molecular weight excluding hydrogens is 172 g/mol. The molecule has 0 aliphatic rings. The highest BCUT2D eigenvalue weighted by atomic mass is 15.2. The van der Waals surface area contributed by atoms with Crippen LogP contribution in [0.4, 0.5) is 0 Å². The Morgan fingerprint density at radius 2 is 1.71 bits per heavy atom. The summed E-state index contributed by atoms with van der Waals surface area (Å²) in [5, 5.41) is 0. The van der Waals surface area contributed by atoms with Crippen LogP contribution in [0.3, 0.4) is 0 Å². The molecule has 0 rings (SSSR count). The Hall–Kier alpha value is -0.0800. The Kier molecular flexibility index (Phi) is 7.20. The molecule has 0 spiro atoms.